The third-order valence-corrected chi connectivity index (χ3v) is 3.98. The number of nitrogens with zero attached hydrogens (tertiary/aromatic N) is 2. The van der Waals surface area contributed by atoms with Crippen molar-refractivity contribution in [2.24, 2.45) is 0 Å². The standard InChI is InChI=1S/C13H11N3O4S/c17-5-1-2-12-15-16(13(19)20-12)8-3-4-10-9(6-8)14-11(18)7-21-10/h3-6H,1-2,7H2,(H,14,18). The Hall–Kier alpha value is -2.35. The van der Waals surface area contributed by atoms with E-state index in [1.54, 1.807) is 12.1 Å². The zero-order valence-corrected chi connectivity index (χ0v) is 11.7. The summed E-state index contributed by atoms with van der Waals surface area (Å²) in [6.07, 6.45) is 1.27. The number of amides is 1. The first kappa shape index (κ1) is 13.6. The van der Waals surface area contributed by atoms with Crippen molar-refractivity contribution in [2.45, 2.75) is 17.7 Å². The van der Waals surface area contributed by atoms with Gasteiger partial charge in [-0.25, -0.2) is 4.79 Å². The molecule has 0 aliphatic carbocycles. The van der Waals surface area contributed by atoms with Crippen LogP contribution in [0.4, 0.5) is 5.69 Å². The summed E-state index contributed by atoms with van der Waals surface area (Å²) in [5, 5.41) is 6.80. The molecule has 0 unspecified atom stereocenters. The number of carbonyl (C=O) groups is 2. The van der Waals surface area contributed by atoms with Crippen LogP contribution in [0.2, 0.25) is 0 Å². The number of aldehydes is 1. The molecule has 7 nitrogen and oxygen atoms in total. The van der Waals surface area contributed by atoms with Gasteiger partial charge in [0.05, 0.1) is 17.1 Å². The average molecular weight is 305 g/mol. The van der Waals surface area contributed by atoms with Crippen LogP contribution in [0.25, 0.3) is 5.69 Å². The van der Waals surface area contributed by atoms with Crippen molar-refractivity contribution in [3.8, 4) is 5.69 Å². The lowest BCUT2D eigenvalue weighted by atomic mass is 10.2. The van der Waals surface area contributed by atoms with Crippen molar-refractivity contribution in [2.75, 3.05) is 11.1 Å². The summed E-state index contributed by atoms with van der Waals surface area (Å²) in [4.78, 5) is 34.5. The third kappa shape index (κ3) is 2.75. The van der Waals surface area contributed by atoms with Crippen LogP contribution >= 0.6 is 11.8 Å². The largest absolute Gasteiger partial charge is 0.441 e. The lowest BCUT2D eigenvalue weighted by Gasteiger charge is -2.16. The number of hydrogen-bond donors (Lipinski definition) is 1. The van der Waals surface area contributed by atoms with E-state index in [0.29, 0.717) is 17.1 Å². The quantitative estimate of drug-likeness (QED) is 0.847. The molecule has 3 rings (SSSR count). The van der Waals surface area contributed by atoms with Crippen molar-refractivity contribution >= 4 is 29.6 Å². The summed E-state index contributed by atoms with van der Waals surface area (Å²) < 4.78 is 6.10. The fraction of sp³-hybridized carbons (Fsp3) is 0.231. The van der Waals surface area contributed by atoms with E-state index < -0.39 is 5.76 Å². The molecule has 1 aromatic heterocycles. The number of aromatic nitrogens is 2. The molecule has 21 heavy (non-hydrogen) atoms. The van der Waals surface area contributed by atoms with E-state index in [2.05, 4.69) is 10.4 Å². The number of fused-ring (bicyclic) bond motifs is 1. The van der Waals surface area contributed by atoms with Crippen LogP contribution in [0, 0.1) is 0 Å². The SMILES string of the molecule is O=CCCc1nn(-c2ccc3c(c2)NC(=O)CS3)c(=O)o1. The van der Waals surface area contributed by atoms with Crippen molar-refractivity contribution in [3.05, 3.63) is 34.6 Å². The molecule has 1 aliphatic rings. The second kappa shape index (κ2) is 5.57. The summed E-state index contributed by atoms with van der Waals surface area (Å²) >= 11 is 1.44. The van der Waals surface area contributed by atoms with E-state index in [1.807, 2.05) is 6.07 Å². The molecule has 1 aromatic carbocycles. The number of nitrogens with one attached hydrogen (secondary N) is 1. The molecule has 0 atom stereocenters. The van der Waals surface area contributed by atoms with E-state index in [0.717, 1.165) is 15.9 Å². The maximum absolute atomic E-state index is 11.8. The van der Waals surface area contributed by atoms with Crippen molar-refractivity contribution in [1.82, 2.24) is 9.78 Å². The summed E-state index contributed by atoms with van der Waals surface area (Å²) in [6, 6.07) is 5.23. The Kier molecular flexibility index (Phi) is 3.61. The van der Waals surface area contributed by atoms with Gasteiger partial charge in [0.15, 0.2) is 0 Å². The summed E-state index contributed by atoms with van der Waals surface area (Å²) in [6.45, 7) is 0. The van der Waals surface area contributed by atoms with Gasteiger partial charge < -0.3 is 14.5 Å². The topological polar surface area (TPSA) is 94.2 Å². The van der Waals surface area contributed by atoms with Crippen LogP contribution in [0.5, 0.6) is 0 Å². The Balaban J connectivity index is 1.95. The second-order valence-corrected chi connectivity index (χ2v) is 5.41. The number of thioether (sulfide) groups is 1. The first-order valence-electron chi connectivity index (χ1n) is 6.27. The smallest absolute Gasteiger partial charge is 0.392 e. The average Bonchev–Trinajstić information content (AvgIpc) is 2.85. The molecule has 0 spiro atoms. The number of rotatable bonds is 4. The maximum Gasteiger partial charge on any atom is 0.441 e. The number of carbonyl (C=O) groups excluding carboxylic acids is 2. The molecule has 0 saturated heterocycles. The number of hydrogen-bond acceptors (Lipinski definition) is 6. The van der Waals surface area contributed by atoms with Crippen molar-refractivity contribution < 1.29 is 14.0 Å². The Morgan fingerprint density at radius 3 is 3.10 bits per heavy atom. The molecule has 108 valence electrons. The van der Waals surface area contributed by atoms with Crippen LogP contribution in [0.15, 0.2) is 32.3 Å². The Morgan fingerprint density at radius 2 is 2.29 bits per heavy atom. The highest BCUT2D eigenvalue weighted by molar-refractivity contribution is 8.00. The molecule has 1 amide bonds. The number of anilines is 1. The minimum atomic E-state index is -0.620. The van der Waals surface area contributed by atoms with Gasteiger partial charge in [-0.3, -0.25) is 4.79 Å². The maximum atomic E-state index is 11.8. The van der Waals surface area contributed by atoms with Gasteiger partial charge in [0.2, 0.25) is 11.8 Å². The Morgan fingerprint density at radius 1 is 1.43 bits per heavy atom. The normalized spacial score (nSPS) is 13.6. The van der Waals surface area contributed by atoms with Gasteiger partial charge in [0, 0.05) is 17.7 Å². The first-order valence-corrected chi connectivity index (χ1v) is 7.25. The highest BCUT2D eigenvalue weighted by Gasteiger charge is 2.17. The van der Waals surface area contributed by atoms with Crippen molar-refractivity contribution in [3.63, 3.8) is 0 Å². The molecule has 8 heteroatoms. The predicted molar refractivity (Wildman–Crippen MR) is 75.8 cm³/mol. The second-order valence-electron chi connectivity index (χ2n) is 4.40. The van der Waals surface area contributed by atoms with Gasteiger partial charge >= 0.3 is 5.76 Å². The predicted octanol–water partition coefficient (Wildman–Crippen LogP) is 1.00. The molecule has 0 radical (unpaired) electrons. The van der Waals surface area contributed by atoms with Crippen molar-refractivity contribution in [1.29, 1.82) is 0 Å². The fourth-order valence-electron chi connectivity index (χ4n) is 1.97. The van der Waals surface area contributed by atoms with Crippen LogP contribution in [0.3, 0.4) is 0 Å². The summed E-state index contributed by atoms with van der Waals surface area (Å²) in [5.74, 6) is -0.107. The van der Waals surface area contributed by atoms with Crippen LogP contribution in [-0.2, 0) is 16.0 Å². The van der Waals surface area contributed by atoms with Gasteiger partial charge in [-0.1, -0.05) is 0 Å². The zero-order valence-electron chi connectivity index (χ0n) is 10.9. The molecule has 2 heterocycles. The minimum Gasteiger partial charge on any atom is -0.392 e. The van der Waals surface area contributed by atoms with Crippen LogP contribution in [0.1, 0.15) is 12.3 Å². The van der Waals surface area contributed by atoms with E-state index in [4.69, 9.17) is 4.42 Å². The molecular formula is C13H11N3O4S. The summed E-state index contributed by atoms with van der Waals surface area (Å²) in [5.41, 5.74) is 1.15. The lowest BCUT2D eigenvalue weighted by molar-refractivity contribution is -0.114. The lowest BCUT2D eigenvalue weighted by Crippen LogP contribution is -2.20. The minimum absolute atomic E-state index is 0.0798. The van der Waals surface area contributed by atoms with E-state index in [1.165, 1.54) is 11.8 Å². The molecule has 0 fully saturated rings. The zero-order chi connectivity index (χ0) is 14.8. The Labute approximate surface area is 123 Å². The Bertz CT molecular complexity index is 765. The third-order valence-electron chi connectivity index (χ3n) is 2.91. The monoisotopic (exact) mass is 305 g/mol. The van der Waals surface area contributed by atoms with Crippen LogP contribution < -0.4 is 11.1 Å². The highest BCUT2D eigenvalue weighted by Crippen LogP contribution is 2.32. The molecule has 0 bridgehead atoms. The first-order chi connectivity index (χ1) is 10.2. The molecule has 1 aliphatic heterocycles. The fourth-order valence-corrected chi connectivity index (χ4v) is 2.75. The molecule has 2 aromatic rings. The summed E-state index contributed by atoms with van der Waals surface area (Å²) in [7, 11) is 0. The van der Waals surface area contributed by atoms with Gasteiger partial charge in [-0.2, -0.15) is 4.68 Å². The number of benzene rings is 1. The highest BCUT2D eigenvalue weighted by atomic mass is 32.2. The van der Waals surface area contributed by atoms with Crippen LogP contribution in [-0.4, -0.2) is 27.7 Å². The van der Waals surface area contributed by atoms with E-state index >= 15 is 0 Å². The molecule has 1 N–H and O–H groups in total. The molecule has 0 saturated carbocycles. The van der Waals surface area contributed by atoms with Gasteiger partial charge in [0.1, 0.15) is 6.29 Å². The van der Waals surface area contributed by atoms with Gasteiger partial charge in [-0.05, 0) is 18.2 Å². The van der Waals surface area contributed by atoms with E-state index in [9.17, 15) is 14.4 Å². The molecular weight excluding hydrogens is 294 g/mol. The van der Waals surface area contributed by atoms with E-state index in [-0.39, 0.29) is 24.6 Å². The van der Waals surface area contributed by atoms with Gasteiger partial charge in [0.25, 0.3) is 0 Å². The van der Waals surface area contributed by atoms with Gasteiger partial charge in [-0.15, -0.1) is 16.9 Å². The number of aryl methyl sites for hydroxylation is 1.